The highest BCUT2D eigenvalue weighted by molar-refractivity contribution is 6.00. The molecule has 0 spiro atoms. The van der Waals surface area contributed by atoms with E-state index in [-0.39, 0.29) is 0 Å². The van der Waals surface area contributed by atoms with Crippen LogP contribution in [0.3, 0.4) is 0 Å². The zero-order valence-electron chi connectivity index (χ0n) is 17.7. The summed E-state index contributed by atoms with van der Waals surface area (Å²) in [7, 11) is 0. The minimum absolute atomic E-state index is 0.715. The van der Waals surface area contributed by atoms with Gasteiger partial charge >= 0.3 is 0 Å². The van der Waals surface area contributed by atoms with Gasteiger partial charge in [-0.15, -0.1) is 0 Å². The van der Waals surface area contributed by atoms with E-state index in [1.165, 1.54) is 0 Å². The number of hydrogen-bond donors (Lipinski definition) is 2. The average molecular weight is 392 g/mol. The number of aromatic nitrogens is 2. The molecule has 0 atom stereocenters. The first-order chi connectivity index (χ1) is 14.1. The fraction of sp³-hybridized carbons (Fsp3) is 0.409. The minimum atomic E-state index is 0.715. The molecule has 0 saturated carbocycles. The summed E-state index contributed by atoms with van der Waals surface area (Å²) in [5.74, 6) is 7.20. The van der Waals surface area contributed by atoms with Gasteiger partial charge in [0.1, 0.15) is 0 Å². The molecule has 1 aliphatic rings. The molecule has 2 aromatic rings. The maximum atomic E-state index is 4.54. The standard InChI is InChI=1S/C22H29N7/c1-5-28(6-2)15-7-8-19-9-11-20(12-10-19)29-18(4)21(16-25-29)17(3)26-27-22-23-13-14-24-22/h9-12,16H,5-6,13-15H2,1-4H3,(H2,23,24,27)/b26-17+. The molecule has 0 amide bonds. The topological polar surface area (TPSA) is 69.8 Å². The van der Waals surface area contributed by atoms with Crippen LogP contribution in [0.2, 0.25) is 0 Å². The highest BCUT2D eigenvalue weighted by Crippen LogP contribution is 2.15. The van der Waals surface area contributed by atoms with Gasteiger partial charge in [-0.1, -0.05) is 25.7 Å². The zero-order chi connectivity index (χ0) is 20.6. The van der Waals surface area contributed by atoms with Crippen LogP contribution in [-0.4, -0.2) is 59.1 Å². The van der Waals surface area contributed by atoms with Crippen molar-refractivity contribution in [2.24, 2.45) is 10.1 Å². The second-order valence-electron chi connectivity index (χ2n) is 6.83. The molecule has 0 fully saturated rings. The predicted octanol–water partition coefficient (Wildman–Crippen LogP) is 2.15. The molecule has 0 radical (unpaired) electrons. The zero-order valence-corrected chi connectivity index (χ0v) is 17.7. The summed E-state index contributed by atoms with van der Waals surface area (Å²) in [5.41, 5.74) is 7.89. The quantitative estimate of drug-likeness (QED) is 0.450. The maximum Gasteiger partial charge on any atom is 0.212 e. The summed E-state index contributed by atoms with van der Waals surface area (Å²) < 4.78 is 1.92. The Morgan fingerprint density at radius 3 is 2.69 bits per heavy atom. The molecule has 1 aliphatic heterocycles. The van der Waals surface area contributed by atoms with Crippen molar-refractivity contribution in [2.75, 3.05) is 32.7 Å². The molecule has 2 heterocycles. The normalized spacial score (nSPS) is 13.7. The monoisotopic (exact) mass is 391 g/mol. The number of hydrazone groups is 1. The van der Waals surface area contributed by atoms with Crippen molar-refractivity contribution in [2.45, 2.75) is 27.7 Å². The van der Waals surface area contributed by atoms with Gasteiger partial charge in [-0.3, -0.25) is 4.90 Å². The van der Waals surface area contributed by atoms with Crippen molar-refractivity contribution < 1.29 is 0 Å². The van der Waals surface area contributed by atoms with Gasteiger partial charge in [0.05, 0.1) is 36.4 Å². The first-order valence-corrected chi connectivity index (χ1v) is 10.1. The lowest BCUT2D eigenvalue weighted by molar-refractivity contribution is 0.342. The van der Waals surface area contributed by atoms with Crippen molar-refractivity contribution >= 4 is 11.7 Å². The van der Waals surface area contributed by atoms with E-state index in [1.807, 2.05) is 49.0 Å². The summed E-state index contributed by atoms with van der Waals surface area (Å²) in [4.78, 5) is 6.57. The molecular weight excluding hydrogens is 362 g/mol. The van der Waals surface area contributed by atoms with E-state index >= 15 is 0 Å². The van der Waals surface area contributed by atoms with Crippen LogP contribution in [-0.2, 0) is 0 Å². The molecule has 0 unspecified atom stereocenters. The van der Waals surface area contributed by atoms with Crippen molar-refractivity contribution in [3.8, 4) is 17.5 Å². The molecule has 7 nitrogen and oxygen atoms in total. The molecule has 0 aliphatic carbocycles. The average Bonchev–Trinajstić information content (AvgIpc) is 3.40. The van der Waals surface area contributed by atoms with Crippen molar-refractivity contribution in [3.05, 3.63) is 47.3 Å². The van der Waals surface area contributed by atoms with Crippen LogP contribution in [0.15, 0.2) is 40.6 Å². The maximum absolute atomic E-state index is 4.54. The second-order valence-corrected chi connectivity index (χ2v) is 6.83. The number of benzene rings is 1. The fourth-order valence-corrected chi connectivity index (χ4v) is 3.08. The Labute approximate surface area is 172 Å². The number of aliphatic imine (C=N–C) groups is 1. The van der Waals surface area contributed by atoms with Crippen LogP contribution in [0, 0.1) is 18.8 Å². The third-order valence-electron chi connectivity index (χ3n) is 4.94. The number of hydrogen-bond acceptors (Lipinski definition) is 6. The van der Waals surface area contributed by atoms with Crippen LogP contribution >= 0.6 is 0 Å². The van der Waals surface area contributed by atoms with Crippen LogP contribution in [0.4, 0.5) is 0 Å². The van der Waals surface area contributed by atoms with Crippen LogP contribution in [0.1, 0.15) is 37.6 Å². The summed E-state index contributed by atoms with van der Waals surface area (Å²) in [6, 6.07) is 8.18. The SMILES string of the molecule is CCN(CC)CC#Cc1ccc(-n2ncc(/C(C)=N/NC3=NCCN3)c2C)cc1. The van der Waals surface area contributed by atoms with Crippen molar-refractivity contribution in [3.63, 3.8) is 0 Å². The summed E-state index contributed by atoms with van der Waals surface area (Å²) >= 11 is 0. The lowest BCUT2D eigenvalue weighted by Crippen LogP contribution is -2.30. The molecule has 29 heavy (non-hydrogen) atoms. The molecule has 0 bridgehead atoms. The van der Waals surface area contributed by atoms with Gasteiger partial charge in [0.15, 0.2) is 0 Å². The lowest BCUT2D eigenvalue weighted by Gasteiger charge is -2.13. The van der Waals surface area contributed by atoms with Crippen LogP contribution in [0.5, 0.6) is 0 Å². The molecule has 152 valence electrons. The van der Waals surface area contributed by atoms with Gasteiger partial charge in [-0.2, -0.15) is 10.2 Å². The summed E-state index contributed by atoms with van der Waals surface area (Å²) in [6.45, 7) is 12.8. The molecule has 1 aromatic carbocycles. The molecule has 2 N–H and O–H groups in total. The number of nitrogens with zero attached hydrogens (tertiary/aromatic N) is 5. The summed E-state index contributed by atoms with van der Waals surface area (Å²) in [5, 5.41) is 12.1. The Bertz CT molecular complexity index is 938. The number of rotatable bonds is 6. The van der Waals surface area contributed by atoms with Gasteiger partial charge in [0.25, 0.3) is 0 Å². The van der Waals surface area contributed by atoms with Gasteiger partial charge < -0.3 is 5.32 Å². The minimum Gasteiger partial charge on any atom is -0.353 e. The van der Waals surface area contributed by atoms with Crippen LogP contribution in [0.25, 0.3) is 5.69 Å². The first-order valence-electron chi connectivity index (χ1n) is 10.1. The highest BCUT2D eigenvalue weighted by Gasteiger charge is 2.11. The van der Waals surface area contributed by atoms with E-state index < -0.39 is 0 Å². The van der Waals surface area contributed by atoms with Gasteiger partial charge in [-0.05, 0) is 51.2 Å². The second kappa shape index (κ2) is 9.89. The Morgan fingerprint density at radius 1 is 1.28 bits per heavy atom. The van der Waals surface area contributed by atoms with Crippen molar-refractivity contribution in [1.29, 1.82) is 0 Å². The van der Waals surface area contributed by atoms with E-state index in [0.717, 1.165) is 60.9 Å². The third kappa shape index (κ3) is 5.24. The smallest absolute Gasteiger partial charge is 0.212 e. The molecule has 7 heteroatoms. The van der Waals surface area contributed by atoms with E-state index in [4.69, 9.17) is 0 Å². The first kappa shape index (κ1) is 20.6. The fourth-order valence-electron chi connectivity index (χ4n) is 3.08. The molecular formula is C22H29N7. The lowest BCUT2D eigenvalue weighted by atomic mass is 10.1. The largest absolute Gasteiger partial charge is 0.353 e. The van der Waals surface area contributed by atoms with E-state index in [1.54, 1.807) is 0 Å². The Balaban J connectivity index is 1.70. The Morgan fingerprint density at radius 2 is 2.03 bits per heavy atom. The Hall–Kier alpha value is -3.11. The van der Waals surface area contributed by atoms with E-state index in [0.29, 0.717) is 5.96 Å². The number of guanidine groups is 1. The Kier molecular flexibility index (Phi) is 7.04. The van der Waals surface area contributed by atoms with Crippen molar-refractivity contribution in [1.82, 2.24) is 25.4 Å². The van der Waals surface area contributed by atoms with Gasteiger partial charge in [-0.25, -0.2) is 15.1 Å². The number of nitrogens with one attached hydrogen (secondary N) is 2. The van der Waals surface area contributed by atoms with E-state index in [2.05, 4.69) is 56.5 Å². The highest BCUT2D eigenvalue weighted by atomic mass is 15.4. The van der Waals surface area contributed by atoms with E-state index in [9.17, 15) is 0 Å². The summed E-state index contributed by atoms with van der Waals surface area (Å²) in [6.07, 6.45) is 1.84. The van der Waals surface area contributed by atoms with Gasteiger partial charge in [0, 0.05) is 17.7 Å². The predicted molar refractivity (Wildman–Crippen MR) is 119 cm³/mol. The third-order valence-corrected chi connectivity index (χ3v) is 4.94. The van der Waals surface area contributed by atoms with Gasteiger partial charge in [0.2, 0.25) is 5.96 Å². The molecule has 0 saturated heterocycles. The molecule has 3 rings (SSSR count). The van der Waals surface area contributed by atoms with Crippen LogP contribution < -0.4 is 10.7 Å². The molecule has 1 aromatic heterocycles.